The molecule has 0 saturated heterocycles. The van der Waals surface area contributed by atoms with E-state index in [4.69, 9.17) is 21.1 Å². The molecule has 1 N–H and O–H groups in total. The molecule has 1 aliphatic carbocycles. The molecule has 5 heteroatoms. The molecule has 0 bridgehead atoms. The van der Waals surface area contributed by atoms with Crippen molar-refractivity contribution in [1.82, 2.24) is 0 Å². The number of rotatable bonds is 8. The highest BCUT2D eigenvalue weighted by molar-refractivity contribution is 6.27. The van der Waals surface area contributed by atoms with Gasteiger partial charge in [0.05, 0.1) is 18.6 Å². The summed E-state index contributed by atoms with van der Waals surface area (Å²) in [6, 6.07) is 24.2. The third kappa shape index (κ3) is 3.66. The van der Waals surface area contributed by atoms with Gasteiger partial charge in [0.2, 0.25) is 0 Å². The van der Waals surface area contributed by atoms with Crippen LogP contribution in [0.5, 0.6) is 17.2 Å². The number of para-hydroxylation sites is 1. The van der Waals surface area contributed by atoms with E-state index in [1.165, 1.54) is 0 Å². The average molecular weight is 427 g/mol. The van der Waals surface area contributed by atoms with Crippen molar-refractivity contribution in [3.63, 3.8) is 0 Å². The molecule has 3 unspecified atom stereocenters. The molecule has 1 aliphatic rings. The highest BCUT2D eigenvalue weighted by Gasteiger charge is 2.78. The molecule has 0 radical (unpaired) electrons. The van der Waals surface area contributed by atoms with Crippen molar-refractivity contribution in [2.45, 2.75) is 23.9 Å². The second kappa shape index (κ2) is 8.29. The minimum absolute atomic E-state index is 0.360. The summed E-state index contributed by atoms with van der Waals surface area (Å²) in [7, 11) is 0. The predicted molar refractivity (Wildman–Crippen MR) is 116 cm³/mol. The minimum atomic E-state index is -2.01. The maximum Gasteiger partial charge on any atom is 0.200 e. The highest BCUT2D eigenvalue weighted by atomic mass is 35.5. The Kier molecular flexibility index (Phi) is 5.72. The summed E-state index contributed by atoms with van der Waals surface area (Å²) < 4.78 is 26.6. The first kappa shape index (κ1) is 20.7. The van der Waals surface area contributed by atoms with E-state index >= 15 is 4.39 Å². The van der Waals surface area contributed by atoms with Crippen molar-refractivity contribution in [3.8, 4) is 17.2 Å². The van der Waals surface area contributed by atoms with Gasteiger partial charge >= 0.3 is 0 Å². The molecule has 0 aromatic heterocycles. The largest absolute Gasteiger partial charge is 0.494 e. The Morgan fingerprint density at radius 2 is 1.50 bits per heavy atom. The fourth-order valence-corrected chi connectivity index (χ4v) is 4.61. The monoisotopic (exact) mass is 426 g/mol. The predicted octanol–water partition coefficient (Wildman–Crippen LogP) is 5.88. The van der Waals surface area contributed by atoms with E-state index in [2.05, 4.69) is 0 Å². The first-order valence-corrected chi connectivity index (χ1v) is 10.4. The lowest BCUT2D eigenvalue weighted by Gasteiger charge is -2.16. The summed E-state index contributed by atoms with van der Waals surface area (Å²) >= 11 is 6.27. The SMILES string of the molecule is CCOc1ccc(C2(CO)C(Cc3ccc(Oc4ccccc4)cc3)C2(F)Cl)cc1. The van der Waals surface area contributed by atoms with Crippen molar-refractivity contribution >= 4 is 11.6 Å². The number of aliphatic hydroxyl groups is 1. The van der Waals surface area contributed by atoms with Gasteiger partial charge in [-0.1, -0.05) is 54.1 Å². The maximum absolute atomic E-state index is 15.3. The van der Waals surface area contributed by atoms with E-state index in [1.54, 1.807) is 24.3 Å². The molecule has 1 fully saturated rings. The summed E-state index contributed by atoms with van der Waals surface area (Å²) in [6.07, 6.45) is 0.416. The van der Waals surface area contributed by atoms with Crippen LogP contribution in [-0.2, 0) is 11.8 Å². The van der Waals surface area contributed by atoms with Crippen LogP contribution in [0.3, 0.4) is 0 Å². The van der Waals surface area contributed by atoms with Crippen molar-refractivity contribution in [2.24, 2.45) is 5.92 Å². The van der Waals surface area contributed by atoms with Crippen LogP contribution in [0.4, 0.5) is 4.39 Å². The van der Waals surface area contributed by atoms with Gasteiger partial charge in [-0.3, -0.25) is 0 Å². The van der Waals surface area contributed by atoms with Crippen LogP contribution in [0.25, 0.3) is 0 Å². The van der Waals surface area contributed by atoms with Crippen molar-refractivity contribution in [1.29, 1.82) is 0 Å². The van der Waals surface area contributed by atoms with Gasteiger partial charge in [-0.15, -0.1) is 0 Å². The van der Waals surface area contributed by atoms with Crippen LogP contribution < -0.4 is 9.47 Å². The summed E-state index contributed by atoms with van der Waals surface area (Å²) in [4.78, 5) is 0. The van der Waals surface area contributed by atoms with E-state index in [0.29, 0.717) is 30.1 Å². The zero-order valence-corrected chi connectivity index (χ0v) is 17.5. The molecule has 0 amide bonds. The summed E-state index contributed by atoms with van der Waals surface area (Å²) in [6.45, 7) is 2.10. The molecule has 4 rings (SSSR count). The second-order valence-corrected chi connectivity index (χ2v) is 8.08. The number of hydrogen-bond donors (Lipinski definition) is 1. The molecule has 1 saturated carbocycles. The number of aliphatic hydroxyl groups excluding tert-OH is 1. The fourth-order valence-electron chi connectivity index (χ4n) is 4.10. The van der Waals surface area contributed by atoms with Gasteiger partial charge in [0, 0.05) is 5.92 Å². The number of benzene rings is 3. The summed E-state index contributed by atoms with van der Waals surface area (Å²) in [5.74, 6) is 1.64. The zero-order chi connectivity index (χ0) is 21.2. The lowest BCUT2D eigenvalue weighted by atomic mass is 9.91. The molecule has 3 aromatic carbocycles. The smallest absolute Gasteiger partial charge is 0.200 e. The van der Waals surface area contributed by atoms with Gasteiger partial charge in [0.25, 0.3) is 0 Å². The van der Waals surface area contributed by atoms with Gasteiger partial charge in [-0.05, 0) is 60.9 Å². The molecular weight excluding hydrogens is 403 g/mol. The maximum atomic E-state index is 15.3. The standard InChI is InChI=1S/C25H24ClFO3/c1-2-29-20-14-10-19(11-15-20)24(17-28)23(25(24,26)27)16-18-8-12-22(13-9-18)30-21-6-4-3-5-7-21/h3-15,23,28H,2,16-17H2,1H3. The fraction of sp³-hybridized carbons (Fsp3) is 0.280. The Morgan fingerprint density at radius 3 is 2.10 bits per heavy atom. The van der Waals surface area contributed by atoms with E-state index in [9.17, 15) is 5.11 Å². The number of halogens is 2. The third-order valence-corrected chi connectivity index (χ3v) is 6.42. The molecule has 3 atom stereocenters. The van der Waals surface area contributed by atoms with Crippen LogP contribution in [0.15, 0.2) is 78.9 Å². The van der Waals surface area contributed by atoms with E-state index in [1.807, 2.05) is 61.5 Å². The van der Waals surface area contributed by atoms with Crippen molar-refractivity contribution in [3.05, 3.63) is 90.0 Å². The molecule has 0 aliphatic heterocycles. The van der Waals surface area contributed by atoms with Crippen molar-refractivity contribution < 1.29 is 19.0 Å². The molecule has 3 aromatic rings. The molecule has 0 spiro atoms. The Balaban J connectivity index is 1.49. The van der Waals surface area contributed by atoms with E-state index < -0.39 is 16.5 Å². The average Bonchev–Trinajstić information content (AvgIpc) is 3.25. The van der Waals surface area contributed by atoms with Gasteiger partial charge in [-0.2, -0.15) is 0 Å². The molecule has 156 valence electrons. The van der Waals surface area contributed by atoms with Crippen LogP contribution in [-0.4, -0.2) is 23.4 Å². The first-order valence-electron chi connectivity index (χ1n) is 10.0. The topological polar surface area (TPSA) is 38.7 Å². The second-order valence-electron chi connectivity index (χ2n) is 7.53. The van der Waals surface area contributed by atoms with Crippen LogP contribution in [0.2, 0.25) is 0 Å². The summed E-state index contributed by atoms with van der Waals surface area (Å²) in [5, 5.41) is 8.09. The van der Waals surface area contributed by atoms with Gasteiger partial charge < -0.3 is 14.6 Å². The minimum Gasteiger partial charge on any atom is -0.494 e. The normalized spacial score (nSPS) is 25.0. The molecule has 0 heterocycles. The Hall–Kier alpha value is -2.56. The molecule has 30 heavy (non-hydrogen) atoms. The number of hydrogen-bond acceptors (Lipinski definition) is 3. The lowest BCUT2D eigenvalue weighted by molar-refractivity contribution is 0.221. The first-order chi connectivity index (χ1) is 14.5. The lowest BCUT2D eigenvalue weighted by Crippen LogP contribution is -2.21. The number of alkyl halides is 2. The van der Waals surface area contributed by atoms with E-state index in [0.717, 1.165) is 11.3 Å². The third-order valence-electron chi connectivity index (χ3n) is 5.82. The molecule has 3 nitrogen and oxygen atoms in total. The zero-order valence-electron chi connectivity index (χ0n) is 16.7. The van der Waals surface area contributed by atoms with Crippen LogP contribution >= 0.6 is 11.6 Å². The van der Waals surface area contributed by atoms with Gasteiger partial charge in [0.15, 0.2) is 5.13 Å². The van der Waals surface area contributed by atoms with Gasteiger partial charge in [0.1, 0.15) is 17.2 Å². The van der Waals surface area contributed by atoms with Crippen molar-refractivity contribution in [2.75, 3.05) is 13.2 Å². The van der Waals surface area contributed by atoms with Gasteiger partial charge in [-0.25, -0.2) is 4.39 Å². The van der Waals surface area contributed by atoms with Crippen LogP contribution in [0.1, 0.15) is 18.1 Å². The van der Waals surface area contributed by atoms with Crippen LogP contribution in [0, 0.1) is 5.92 Å². The molecular formula is C25H24ClFO3. The quantitative estimate of drug-likeness (QED) is 0.457. The summed E-state index contributed by atoms with van der Waals surface area (Å²) in [5.41, 5.74) is 0.489. The number of ether oxygens (including phenoxy) is 2. The Morgan fingerprint density at radius 1 is 0.900 bits per heavy atom. The Labute approximate surface area is 181 Å². The van der Waals surface area contributed by atoms with E-state index in [-0.39, 0.29) is 6.61 Å². The Bertz CT molecular complexity index is 974. The highest BCUT2D eigenvalue weighted by Crippen LogP contribution is 2.69.